The zero-order chi connectivity index (χ0) is 11.7. The van der Waals surface area contributed by atoms with E-state index in [0.717, 1.165) is 19.3 Å². The molecule has 16 heavy (non-hydrogen) atoms. The van der Waals surface area contributed by atoms with Crippen LogP contribution < -0.4 is 5.32 Å². The van der Waals surface area contributed by atoms with E-state index in [9.17, 15) is 9.50 Å². The summed E-state index contributed by atoms with van der Waals surface area (Å²) in [5.74, 6) is -0.380. The van der Waals surface area contributed by atoms with Crippen molar-refractivity contribution in [2.45, 2.75) is 31.4 Å². The molecule has 0 unspecified atom stereocenters. The van der Waals surface area contributed by atoms with E-state index in [0.29, 0.717) is 15.2 Å². The molecule has 0 amide bonds. The lowest BCUT2D eigenvalue weighted by molar-refractivity contribution is 0.172. The second-order valence-electron chi connectivity index (χ2n) is 3.99. The van der Waals surface area contributed by atoms with Crippen LogP contribution in [0, 0.1) is 5.82 Å². The highest BCUT2D eigenvalue weighted by Gasteiger charge is 2.26. The van der Waals surface area contributed by atoms with Crippen molar-refractivity contribution in [3.8, 4) is 0 Å². The molecule has 0 radical (unpaired) electrons. The van der Waals surface area contributed by atoms with E-state index in [1.807, 2.05) is 0 Å². The summed E-state index contributed by atoms with van der Waals surface area (Å²) >= 11 is 9.20. The third-order valence-electron chi connectivity index (χ3n) is 2.82. The first-order chi connectivity index (χ1) is 7.58. The molecule has 88 valence electrons. The predicted molar refractivity (Wildman–Crippen MR) is 66.4 cm³/mol. The Hall–Kier alpha value is -0.320. The summed E-state index contributed by atoms with van der Waals surface area (Å²) in [6.45, 7) is 0. The molecule has 2 atom stereocenters. The third-order valence-corrected chi connectivity index (χ3v) is 3.74. The molecule has 1 aromatic rings. The van der Waals surface area contributed by atoms with Gasteiger partial charge in [0.1, 0.15) is 5.82 Å². The first-order valence-corrected chi connectivity index (χ1v) is 6.34. The van der Waals surface area contributed by atoms with Crippen LogP contribution in [0.15, 0.2) is 16.6 Å². The Balaban J connectivity index is 2.21. The van der Waals surface area contributed by atoms with Crippen LogP contribution in [0.2, 0.25) is 5.02 Å². The van der Waals surface area contributed by atoms with Crippen LogP contribution in [-0.2, 0) is 0 Å². The van der Waals surface area contributed by atoms with E-state index in [1.54, 1.807) is 0 Å². The molecule has 1 aliphatic carbocycles. The third kappa shape index (κ3) is 2.50. The lowest BCUT2D eigenvalue weighted by Crippen LogP contribution is -2.28. The number of halogens is 3. The van der Waals surface area contributed by atoms with E-state index < -0.39 is 0 Å². The molecule has 0 aromatic heterocycles. The molecule has 2 rings (SSSR count). The minimum Gasteiger partial charge on any atom is -0.391 e. The Labute approximate surface area is 107 Å². The van der Waals surface area contributed by atoms with E-state index in [1.165, 1.54) is 12.1 Å². The minimum absolute atomic E-state index is 0.000684. The van der Waals surface area contributed by atoms with Gasteiger partial charge >= 0.3 is 0 Å². The summed E-state index contributed by atoms with van der Waals surface area (Å²) in [7, 11) is 0. The zero-order valence-electron chi connectivity index (χ0n) is 8.51. The van der Waals surface area contributed by atoms with Crippen LogP contribution in [0.1, 0.15) is 19.3 Å². The molecule has 0 spiro atoms. The monoisotopic (exact) mass is 307 g/mol. The number of aliphatic hydroxyl groups is 1. The highest BCUT2D eigenvalue weighted by atomic mass is 79.9. The average Bonchev–Trinajstić information content (AvgIpc) is 2.57. The van der Waals surface area contributed by atoms with Crippen molar-refractivity contribution in [2.75, 3.05) is 5.32 Å². The lowest BCUT2D eigenvalue weighted by atomic mass is 10.2. The summed E-state index contributed by atoms with van der Waals surface area (Å²) in [6, 6.07) is 2.62. The van der Waals surface area contributed by atoms with Crippen molar-refractivity contribution in [3.63, 3.8) is 0 Å². The van der Waals surface area contributed by atoms with Gasteiger partial charge in [0.25, 0.3) is 0 Å². The second kappa shape index (κ2) is 4.90. The first-order valence-electron chi connectivity index (χ1n) is 5.17. The van der Waals surface area contributed by atoms with Gasteiger partial charge in [-0.05, 0) is 47.3 Å². The largest absolute Gasteiger partial charge is 0.391 e. The van der Waals surface area contributed by atoms with Gasteiger partial charge in [-0.3, -0.25) is 0 Å². The van der Waals surface area contributed by atoms with Gasteiger partial charge in [-0.15, -0.1) is 0 Å². The quantitative estimate of drug-likeness (QED) is 0.875. The Morgan fingerprint density at radius 3 is 2.75 bits per heavy atom. The lowest BCUT2D eigenvalue weighted by Gasteiger charge is -2.19. The smallest absolute Gasteiger partial charge is 0.125 e. The van der Waals surface area contributed by atoms with Crippen LogP contribution >= 0.6 is 27.5 Å². The number of rotatable bonds is 2. The summed E-state index contributed by atoms with van der Waals surface area (Å²) in [5, 5.41) is 13.2. The molecule has 0 aliphatic heterocycles. The van der Waals surface area contributed by atoms with Gasteiger partial charge < -0.3 is 10.4 Å². The second-order valence-corrected chi connectivity index (χ2v) is 5.26. The molecule has 2 nitrogen and oxygen atoms in total. The number of anilines is 1. The van der Waals surface area contributed by atoms with Gasteiger partial charge in [-0.1, -0.05) is 11.6 Å². The van der Waals surface area contributed by atoms with Crippen LogP contribution in [0.3, 0.4) is 0 Å². The molecule has 1 aromatic carbocycles. The molecular formula is C11H12BrClFNO. The maximum absolute atomic E-state index is 13.0. The molecular weight excluding hydrogens is 296 g/mol. The molecule has 1 aliphatic rings. The van der Waals surface area contributed by atoms with Gasteiger partial charge in [-0.2, -0.15) is 0 Å². The molecule has 1 fully saturated rings. The predicted octanol–water partition coefficient (Wildman–Crippen LogP) is 3.57. The highest BCUT2D eigenvalue weighted by Crippen LogP contribution is 2.34. The summed E-state index contributed by atoms with van der Waals surface area (Å²) < 4.78 is 13.6. The van der Waals surface area contributed by atoms with E-state index in [4.69, 9.17) is 11.6 Å². The summed E-state index contributed by atoms with van der Waals surface area (Å²) in [6.07, 6.45) is 2.35. The number of nitrogens with one attached hydrogen (secondary N) is 1. The maximum atomic E-state index is 13.0. The van der Waals surface area contributed by atoms with Gasteiger partial charge in [0.15, 0.2) is 0 Å². The standard InChI is InChI=1S/C11H12BrClFNO/c12-7-4-6(14)5-8(13)11(7)15-9-2-1-3-10(9)16/h4-5,9-10,15-16H,1-3H2/t9-,10-/m1/s1. The van der Waals surface area contributed by atoms with Gasteiger partial charge in [0.2, 0.25) is 0 Å². The molecule has 0 heterocycles. The number of hydrogen-bond donors (Lipinski definition) is 2. The van der Waals surface area contributed by atoms with Crippen molar-refractivity contribution >= 4 is 33.2 Å². The fourth-order valence-corrected chi connectivity index (χ4v) is 2.90. The molecule has 2 N–H and O–H groups in total. The summed E-state index contributed by atoms with van der Waals surface area (Å²) in [4.78, 5) is 0. The van der Waals surface area contributed by atoms with Crippen LogP contribution in [0.5, 0.6) is 0 Å². The van der Waals surface area contributed by atoms with E-state index in [-0.39, 0.29) is 18.0 Å². The average molecular weight is 309 g/mol. The Morgan fingerprint density at radius 2 is 2.19 bits per heavy atom. The topological polar surface area (TPSA) is 32.3 Å². The Kier molecular flexibility index (Phi) is 3.72. The number of benzene rings is 1. The highest BCUT2D eigenvalue weighted by molar-refractivity contribution is 9.10. The Morgan fingerprint density at radius 1 is 1.44 bits per heavy atom. The first kappa shape index (κ1) is 12.1. The molecule has 5 heteroatoms. The van der Waals surface area contributed by atoms with E-state index in [2.05, 4.69) is 21.2 Å². The van der Waals surface area contributed by atoms with Crippen molar-refractivity contribution in [1.82, 2.24) is 0 Å². The zero-order valence-corrected chi connectivity index (χ0v) is 10.9. The minimum atomic E-state index is -0.380. The Bertz CT molecular complexity index is 379. The SMILES string of the molecule is O[C@@H]1CCC[C@H]1Nc1c(Cl)cc(F)cc1Br. The van der Waals surface area contributed by atoms with Crippen molar-refractivity contribution in [1.29, 1.82) is 0 Å². The van der Waals surface area contributed by atoms with Crippen LogP contribution in [0.25, 0.3) is 0 Å². The van der Waals surface area contributed by atoms with Crippen molar-refractivity contribution in [3.05, 3.63) is 27.4 Å². The van der Waals surface area contributed by atoms with Crippen LogP contribution in [-0.4, -0.2) is 17.3 Å². The molecule has 0 saturated heterocycles. The number of hydrogen-bond acceptors (Lipinski definition) is 2. The van der Waals surface area contributed by atoms with Crippen molar-refractivity contribution < 1.29 is 9.50 Å². The fraction of sp³-hybridized carbons (Fsp3) is 0.455. The van der Waals surface area contributed by atoms with Gasteiger partial charge in [0.05, 0.1) is 22.9 Å². The normalized spacial score (nSPS) is 24.8. The van der Waals surface area contributed by atoms with Gasteiger partial charge in [0, 0.05) is 4.47 Å². The van der Waals surface area contributed by atoms with Gasteiger partial charge in [-0.25, -0.2) is 4.39 Å². The fourth-order valence-electron chi connectivity index (χ4n) is 1.97. The summed E-state index contributed by atoms with van der Waals surface area (Å²) in [5.41, 5.74) is 0.647. The van der Waals surface area contributed by atoms with E-state index >= 15 is 0 Å². The van der Waals surface area contributed by atoms with Crippen LogP contribution in [0.4, 0.5) is 10.1 Å². The van der Waals surface area contributed by atoms with Crippen molar-refractivity contribution in [2.24, 2.45) is 0 Å². The molecule has 0 bridgehead atoms. The maximum Gasteiger partial charge on any atom is 0.125 e. The molecule has 1 saturated carbocycles. The number of aliphatic hydroxyl groups excluding tert-OH is 1.